The van der Waals surface area contributed by atoms with Crippen molar-refractivity contribution in [2.45, 2.75) is 18.9 Å². The highest BCUT2D eigenvalue weighted by molar-refractivity contribution is 5.40. The zero-order chi connectivity index (χ0) is 13.8. The summed E-state index contributed by atoms with van der Waals surface area (Å²) >= 11 is 0. The lowest BCUT2D eigenvalue weighted by molar-refractivity contribution is 0.220. The van der Waals surface area contributed by atoms with Crippen molar-refractivity contribution in [3.05, 3.63) is 47.6 Å². The van der Waals surface area contributed by atoms with Gasteiger partial charge < -0.3 is 20.4 Å². The van der Waals surface area contributed by atoms with Crippen molar-refractivity contribution in [2.24, 2.45) is 5.92 Å². The third kappa shape index (κ3) is 3.36. The van der Waals surface area contributed by atoms with Gasteiger partial charge in [0.05, 0.1) is 12.7 Å². The minimum Gasteiger partial charge on any atom is -0.508 e. The molecule has 0 saturated carbocycles. The summed E-state index contributed by atoms with van der Waals surface area (Å²) in [6.45, 7) is -0.0351. The minimum absolute atomic E-state index is 0.0155. The van der Waals surface area contributed by atoms with Gasteiger partial charge in [0.25, 0.3) is 0 Å². The van der Waals surface area contributed by atoms with Gasteiger partial charge in [0.2, 0.25) is 0 Å². The van der Waals surface area contributed by atoms with Crippen LogP contribution in [0.5, 0.6) is 11.5 Å². The Bertz CT molecular complexity index is 505. The SMILES string of the molecule is OC[C@@H](Cc1ccc(O)cc1O)C1=CCC(O)C=C1. The Morgan fingerprint density at radius 1 is 1.26 bits per heavy atom. The average Bonchev–Trinajstić information content (AvgIpc) is 2.39. The van der Waals surface area contributed by atoms with E-state index in [9.17, 15) is 20.4 Å². The average molecular weight is 262 g/mol. The second-order valence-electron chi connectivity index (χ2n) is 4.76. The largest absolute Gasteiger partial charge is 0.508 e. The van der Waals surface area contributed by atoms with E-state index >= 15 is 0 Å². The molecule has 1 aliphatic carbocycles. The molecule has 0 spiro atoms. The Morgan fingerprint density at radius 2 is 2.05 bits per heavy atom. The number of phenolic OH excluding ortho intramolecular Hbond substituents is 2. The molecule has 0 heterocycles. The molecular weight excluding hydrogens is 244 g/mol. The van der Waals surface area contributed by atoms with Gasteiger partial charge >= 0.3 is 0 Å². The zero-order valence-corrected chi connectivity index (χ0v) is 10.5. The van der Waals surface area contributed by atoms with Gasteiger partial charge in [-0.1, -0.05) is 24.3 Å². The van der Waals surface area contributed by atoms with Crippen molar-refractivity contribution < 1.29 is 20.4 Å². The molecule has 0 radical (unpaired) electrons. The van der Waals surface area contributed by atoms with E-state index in [2.05, 4.69) is 0 Å². The van der Waals surface area contributed by atoms with E-state index in [0.717, 1.165) is 5.57 Å². The van der Waals surface area contributed by atoms with Crippen LogP contribution in [0.1, 0.15) is 12.0 Å². The monoisotopic (exact) mass is 262 g/mol. The lowest BCUT2D eigenvalue weighted by Crippen LogP contribution is -2.15. The number of rotatable bonds is 4. The summed E-state index contributed by atoms with van der Waals surface area (Å²) in [5, 5.41) is 37.9. The number of benzene rings is 1. The van der Waals surface area contributed by atoms with Crippen LogP contribution in [0, 0.1) is 5.92 Å². The van der Waals surface area contributed by atoms with Gasteiger partial charge in [-0.2, -0.15) is 0 Å². The molecule has 2 rings (SSSR count). The fraction of sp³-hybridized carbons (Fsp3) is 0.333. The normalized spacial score (nSPS) is 20.1. The molecule has 1 aromatic rings. The standard InChI is InChI=1S/C15H18O4/c16-9-12(10-1-4-13(17)5-2-10)7-11-3-6-14(18)8-15(11)19/h1-4,6,8,12-13,16-19H,5,7,9H2/t12-,13?/m1/s1. The minimum atomic E-state index is -0.454. The third-order valence-corrected chi connectivity index (χ3v) is 3.33. The van der Waals surface area contributed by atoms with Gasteiger partial charge in [0.1, 0.15) is 11.5 Å². The highest BCUT2D eigenvalue weighted by Gasteiger charge is 2.17. The van der Waals surface area contributed by atoms with Crippen LogP contribution in [0.2, 0.25) is 0 Å². The van der Waals surface area contributed by atoms with Crippen molar-refractivity contribution in [2.75, 3.05) is 6.61 Å². The van der Waals surface area contributed by atoms with Gasteiger partial charge in [-0.25, -0.2) is 0 Å². The molecule has 4 heteroatoms. The lowest BCUT2D eigenvalue weighted by atomic mass is 9.88. The fourth-order valence-corrected chi connectivity index (χ4v) is 2.21. The van der Waals surface area contributed by atoms with Crippen molar-refractivity contribution in [1.82, 2.24) is 0 Å². The smallest absolute Gasteiger partial charge is 0.122 e. The first-order chi connectivity index (χ1) is 9.10. The summed E-state index contributed by atoms with van der Waals surface area (Å²) in [5.74, 6) is -0.0836. The highest BCUT2D eigenvalue weighted by atomic mass is 16.3. The lowest BCUT2D eigenvalue weighted by Gasteiger charge is -2.20. The fourth-order valence-electron chi connectivity index (χ4n) is 2.21. The molecule has 4 N–H and O–H groups in total. The predicted octanol–water partition coefficient (Wildman–Crippen LogP) is 1.50. The number of aromatic hydroxyl groups is 2. The van der Waals surface area contributed by atoms with Gasteiger partial charge in [0.15, 0.2) is 0 Å². The van der Waals surface area contributed by atoms with Gasteiger partial charge in [-0.3, -0.25) is 0 Å². The topological polar surface area (TPSA) is 80.9 Å². The maximum absolute atomic E-state index is 9.76. The summed E-state index contributed by atoms with van der Waals surface area (Å²) in [4.78, 5) is 0. The molecule has 102 valence electrons. The number of allylic oxidation sites excluding steroid dienone is 1. The van der Waals surface area contributed by atoms with Crippen LogP contribution in [0.4, 0.5) is 0 Å². The maximum atomic E-state index is 9.76. The molecule has 4 nitrogen and oxygen atoms in total. The molecule has 1 aromatic carbocycles. The summed E-state index contributed by atoms with van der Waals surface area (Å²) < 4.78 is 0. The van der Waals surface area contributed by atoms with Crippen LogP contribution in [-0.2, 0) is 6.42 Å². The number of hydrogen-bond acceptors (Lipinski definition) is 4. The first kappa shape index (κ1) is 13.6. The Hall–Kier alpha value is -1.78. The molecule has 0 bridgehead atoms. The van der Waals surface area contributed by atoms with Gasteiger partial charge in [-0.05, 0) is 30.0 Å². The third-order valence-electron chi connectivity index (χ3n) is 3.33. The molecule has 0 amide bonds. The Morgan fingerprint density at radius 3 is 2.63 bits per heavy atom. The first-order valence-corrected chi connectivity index (χ1v) is 6.28. The maximum Gasteiger partial charge on any atom is 0.122 e. The van der Waals surface area contributed by atoms with Crippen LogP contribution in [0.25, 0.3) is 0 Å². The van der Waals surface area contributed by atoms with E-state index in [0.29, 0.717) is 18.4 Å². The second kappa shape index (κ2) is 5.91. The molecular formula is C15H18O4. The van der Waals surface area contributed by atoms with Crippen LogP contribution in [-0.4, -0.2) is 33.1 Å². The van der Waals surface area contributed by atoms with Crippen molar-refractivity contribution in [1.29, 1.82) is 0 Å². The van der Waals surface area contributed by atoms with Crippen molar-refractivity contribution >= 4 is 0 Å². The van der Waals surface area contributed by atoms with E-state index in [4.69, 9.17) is 0 Å². The first-order valence-electron chi connectivity index (χ1n) is 6.28. The molecule has 1 aliphatic rings. The van der Waals surface area contributed by atoms with E-state index in [1.165, 1.54) is 12.1 Å². The number of aliphatic hydroxyl groups is 2. The molecule has 0 fully saturated rings. The number of hydrogen-bond donors (Lipinski definition) is 4. The van der Waals surface area contributed by atoms with Gasteiger partial charge in [0, 0.05) is 12.0 Å². The molecule has 0 aromatic heterocycles. The van der Waals surface area contributed by atoms with Crippen LogP contribution in [0.15, 0.2) is 42.0 Å². The Balaban J connectivity index is 2.13. The van der Waals surface area contributed by atoms with Crippen molar-refractivity contribution in [3.63, 3.8) is 0 Å². The van der Waals surface area contributed by atoms with Crippen LogP contribution in [0.3, 0.4) is 0 Å². The highest BCUT2D eigenvalue weighted by Crippen LogP contribution is 2.28. The van der Waals surface area contributed by atoms with E-state index in [-0.39, 0.29) is 24.0 Å². The number of phenols is 2. The Labute approximate surface area is 112 Å². The van der Waals surface area contributed by atoms with E-state index in [1.807, 2.05) is 12.2 Å². The molecule has 19 heavy (non-hydrogen) atoms. The summed E-state index contributed by atoms with van der Waals surface area (Å²) in [5.41, 5.74) is 1.64. The summed E-state index contributed by atoms with van der Waals surface area (Å²) in [6.07, 6.45) is 5.99. The molecule has 2 atom stereocenters. The molecule has 0 saturated heterocycles. The Kier molecular flexibility index (Phi) is 4.24. The van der Waals surface area contributed by atoms with E-state index in [1.54, 1.807) is 12.1 Å². The van der Waals surface area contributed by atoms with Crippen LogP contribution < -0.4 is 0 Å². The van der Waals surface area contributed by atoms with Crippen LogP contribution >= 0.6 is 0 Å². The second-order valence-corrected chi connectivity index (χ2v) is 4.76. The molecule has 0 aliphatic heterocycles. The van der Waals surface area contributed by atoms with Crippen molar-refractivity contribution in [3.8, 4) is 11.5 Å². The predicted molar refractivity (Wildman–Crippen MR) is 71.9 cm³/mol. The summed E-state index contributed by atoms with van der Waals surface area (Å²) in [6, 6.07) is 4.45. The zero-order valence-electron chi connectivity index (χ0n) is 10.5. The number of aliphatic hydroxyl groups excluding tert-OH is 2. The van der Waals surface area contributed by atoms with Gasteiger partial charge in [-0.15, -0.1) is 0 Å². The van der Waals surface area contributed by atoms with E-state index < -0.39 is 6.10 Å². The molecule has 1 unspecified atom stereocenters. The quantitative estimate of drug-likeness (QED) is 0.663. The summed E-state index contributed by atoms with van der Waals surface area (Å²) in [7, 11) is 0.